The lowest BCUT2D eigenvalue weighted by atomic mass is 9.89. The number of nitrogens with two attached hydrogens (primary N) is 1. The molecule has 21 heavy (non-hydrogen) atoms. The van der Waals surface area contributed by atoms with Crippen LogP contribution in [0.5, 0.6) is 0 Å². The molecule has 0 amide bonds. The van der Waals surface area contributed by atoms with Gasteiger partial charge in [-0.3, -0.25) is 0 Å². The molecule has 2 N–H and O–H groups in total. The quantitative estimate of drug-likeness (QED) is 0.883. The Bertz CT molecular complexity index is 634. The zero-order valence-corrected chi connectivity index (χ0v) is 11.6. The highest BCUT2D eigenvalue weighted by molar-refractivity contribution is 5.62. The molecule has 112 valence electrons. The number of hydrogen-bond donors (Lipinski definition) is 1. The summed E-state index contributed by atoms with van der Waals surface area (Å²) in [6.45, 7) is 0.652. The van der Waals surface area contributed by atoms with Crippen molar-refractivity contribution in [3.8, 4) is 11.4 Å². The predicted molar refractivity (Wildman–Crippen MR) is 74.2 cm³/mol. The highest BCUT2D eigenvalue weighted by Crippen LogP contribution is 2.28. The zero-order chi connectivity index (χ0) is 14.8. The van der Waals surface area contributed by atoms with Gasteiger partial charge in [-0.1, -0.05) is 19.3 Å². The third-order valence-electron chi connectivity index (χ3n) is 4.02. The van der Waals surface area contributed by atoms with Crippen molar-refractivity contribution in [3.63, 3.8) is 0 Å². The lowest BCUT2D eigenvalue weighted by Crippen LogP contribution is -2.16. The summed E-state index contributed by atoms with van der Waals surface area (Å²) in [4.78, 5) is 0. The van der Waals surface area contributed by atoms with Crippen LogP contribution in [0.25, 0.3) is 11.4 Å². The van der Waals surface area contributed by atoms with E-state index in [2.05, 4.69) is 15.5 Å². The summed E-state index contributed by atoms with van der Waals surface area (Å²) in [5, 5.41) is 11.4. The molecule has 2 aromatic rings. The molecule has 0 spiro atoms. The van der Waals surface area contributed by atoms with Gasteiger partial charge in [0.15, 0.2) is 5.82 Å². The maximum Gasteiger partial charge on any atom is 0.185 e. The number of nitrogens with zero attached hydrogens (tertiary/aromatic N) is 4. The van der Waals surface area contributed by atoms with Gasteiger partial charge in [0.2, 0.25) is 0 Å². The first-order chi connectivity index (χ1) is 10.1. The van der Waals surface area contributed by atoms with Crippen LogP contribution in [0.4, 0.5) is 14.5 Å². The lowest BCUT2D eigenvalue weighted by molar-refractivity contribution is 0.307. The molecule has 1 saturated carbocycles. The fraction of sp³-hybridized carbons (Fsp3) is 0.500. The van der Waals surface area contributed by atoms with Crippen molar-refractivity contribution >= 4 is 5.69 Å². The fourth-order valence-corrected chi connectivity index (χ4v) is 2.87. The molecule has 5 nitrogen and oxygen atoms in total. The molecule has 1 aliphatic rings. The van der Waals surface area contributed by atoms with Gasteiger partial charge in [0.05, 0.1) is 11.3 Å². The van der Waals surface area contributed by atoms with Crippen molar-refractivity contribution in [1.82, 2.24) is 20.2 Å². The predicted octanol–water partition coefficient (Wildman–Crippen LogP) is 2.78. The Morgan fingerprint density at radius 3 is 2.67 bits per heavy atom. The monoisotopic (exact) mass is 293 g/mol. The van der Waals surface area contributed by atoms with Gasteiger partial charge < -0.3 is 5.73 Å². The zero-order valence-electron chi connectivity index (χ0n) is 11.6. The van der Waals surface area contributed by atoms with Crippen LogP contribution in [-0.2, 0) is 6.54 Å². The molecule has 1 fully saturated rings. The number of halogens is 2. The summed E-state index contributed by atoms with van der Waals surface area (Å²) in [6, 6.07) is 2.01. The molecule has 1 aliphatic carbocycles. The lowest BCUT2D eigenvalue weighted by Gasteiger charge is -2.21. The van der Waals surface area contributed by atoms with Crippen molar-refractivity contribution in [2.45, 2.75) is 38.6 Å². The molecule has 1 aromatic carbocycles. The number of nitrogen functional groups attached to an aromatic ring is 1. The molecule has 7 heteroatoms. The number of anilines is 1. The number of aromatic nitrogens is 4. The van der Waals surface area contributed by atoms with Gasteiger partial charge in [-0.2, -0.15) is 0 Å². The minimum Gasteiger partial charge on any atom is -0.396 e. The summed E-state index contributed by atoms with van der Waals surface area (Å²) >= 11 is 0. The van der Waals surface area contributed by atoms with Gasteiger partial charge in [-0.05, 0) is 35.3 Å². The fourth-order valence-electron chi connectivity index (χ4n) is 2.87. The average Bonchev–Trinajstić information content (AvgIpc) is 2.92. The van der Waals surface area contributed by atoms with Gasteiger partial charge in [0.25, 0.3) is 0 Å². The van der Waals surface area contributed by atoms with Crippen LogP contribution in [0, 0.1) is 17.6 Å². The molecule has 0 radical (unpaired) electrons. The number of tetrazole rings is 1. The van der Waals surface area contributed by atoms with E-state index in [1.54, 1.807) is 4.68 Å². The Labute approximate surface area is 121 Å². The Balaban J connectivity index is 1.89. The molecule has 0 saturated heterocycles. The first kappa shape index (κ1) is 13.9. The number of benzene rings is 1. The van der Waals surface area contributed by atoms with E-state index in [0.29, 0.717) is 18.3 Å². The maximum atomic E-state index is 13.9. The summed E-state index contributed by atoms with van der Waals surface area (Å²) in [6.07, 6.45) is 5.95. The minimum atomic E-state index is -0.775. The SMILES string of the molecule is Nc1cc(-c2nnnn2CC2CCCCC2)c(F)cc1F. The second kappa shape index (κ2) is 5.75. The summed E-state index contributed by atoms with van der Waals surface area (Å²) in [7, 11) is 0. The normalized spacial score (nSPS) is 16.3. The smallest absolute Gasteiger partial charge is 0.185 e. The minimum absolute atomic E-state index is 0.112. The van der Waals surface area contributed by atoms with Crippen LogP contribution in [0.15, 0.2) is 12.1 Å². The highest BCUT2D eigenvalue weighted by Gasteiger charge is 2.20. The van der Waals surface area contributed by atoms with Crippen LogP contribution in [0.2, 0.25) is 0 Å². The van der Waals surface area contributed by atoms with Crippen molar-refractivity contribution in [3.05, 3.63) is 23.8 Å². The maximum absolute atomic E-state index is 13.9. The van der Waals surface area contributed by atoms with E-state index >= 15 is 0 Å². The van der Waals surface area contributed by atoms with Gasteiger partial charge in [0.1, 0.15) is 11.6 Å². The third-order valence-corrected chi connectivity index (χ3v) is 4.02. The van der Waals surface area contributed by atoms with E-state index < -0.39 is 11.6 Å². The second-order valence-electron chi connectivity index (χ2n) is 5.54. The molecular formula is C14H17F2N5. The van der Waals surface area contributed by atoms with Crippen LogP contribution >= 0.6 is 0 Å². The van der Waals surface area contributed by atoms with Gasteiger partial charge in [-0.15, -0.1) is 5.10 Å². The first-order valence-corrected chi connectivity index (χ1v) is 7.16. The van der Waals surface area contributed by atoms with E-state index in [0.717, 1.165) is 18.9 Å². The first-order valence-electron chi connectivity index (χ1n) is 7.16. The van der Waals surface area contributed by atoms with Crippen molar-refractivity contribution < 1.29 is 8.78 Å². The largest absolute Gasteiger partial charge is 0.396 e. The number of rotatable bonds is 3. The Hall–Kier alpha value is -2.05. The van der Waals surface area contributed by atoms with Crippen LogP contribution in [0.1, 0.15) is 32.1 Å². The van der Waals surface area contributed by atoms with Crippen molar-refractivity contribution in [2.75, 3.05) is 5.73 Å². The number of hydrogen-bond acceptors (Lipinski definition) is 4. The van der Waals surface area contributed by atoms with E-state index in [1.807, 2.05) is 0 Å². The van der Waals surface area contributed by atoms with E-state index in [9.17, 15) is 8.78 Å². The Morgan fingerprint density at radius 1 is 1.14 bits per heavy atom. The van der Waals surface area contributed by atoms with E-state index in [-0.39, 0.29) is 11.3 Å². The van der Waals surface area contributed by atoms with Crippen LogP contribution < -0.4 is 5.73 Å². The molecule has 0 atom stereocenters. The molecule has 3 rings (SSSR count). The van der Waals surface area contributed by atoms with Crippen molar-refractivity contribution in [2.24, 2.45) is 5.92 Å². The second-order valence-corrected chi connectivity index (χ2v) is 5.54. The Morgan fingerprint density at radius 2 is 1.90 bits per heavy atom. The van der Waals surface area contributed by atoms with E-state index in [1.165, 1.54) is 25.3 Å². The molecule has 0 bridgehead atoms. The third kappa shape index (κ3) is 2.86. The summed E-state index contributed by atoms with van der Waals surface area (Å²) < 4.78 is 28.8. The van der Waals surface area contributed by atoms with Gasteiger partial charge in [-0.25, -0.2) is 13.5 Å². The van der Waals surface area contributed by atoms with Crippen LogP contribution in [-0.4, -0.2) is 20.2 Å². The Kier molecular flexibility index (Phi) is 3.81. The topological polar surface area (TPSA) is 69.6 Å². The summed E-state index contributed by atoms with van der Waals surface area (Å²) in [5.41, 5.74) is 5.53. The summed E-state index contributed by atoms with van der Waals surface area (Å²) in [5.74, 6) is -0.685. The molecule has 1 aromatic heterocycles. The van der Waals surface area contributed by atoms with Gasteiger partial charge >= 0.3 is 0 Å². The van der Waals surface area contributed by atoms with E-state index in [4.69, 9.17) is 5.73 Å². The molecular weight excluding hydrogens is 276 g/mol. The molecule has 0 unspecified atom stereocenters. The average molecular weight is 293 g/mol. The highest BCUT2D eigenvalue weighted by atomic mass is 19.1. The molecule has 1 heterocycles. The van der Waals surface area contributed by atoms with Crippen molar-refractivity contribution in [1.29, 1.82) is 0 Å². The standard InChI is InChI=1S/C14H17F2N5/c15-11-7-12(16)13(17)6-10(11)14-18-19-20-21(14)8-9-4-2-1-3-5-9/h6-7,9H,1-5,8,17H2. The molecule has 0 aliphatic heterocycles. The van der Waals surface area contributed by atoms with Crippen LogP contribution in [0.3, 0.4) is 0 Å². The van der Waals surface area contributed by atoms with Gasteiger partial charge in [0, 0.05) is 12.6 Å².